The minimum Gasteiger partial charge on any atom is -0.356 e. The van der Waals surface area contributed by atoms with E-state index < -0.39 is 0 Å². The fourth-order valence-corrected chi connectivity index (χ4v) is 2.97. The fourth-order valence-electron chi connectivity index (χ4n) is 2.97. The maximum atomic E-state index is 12.6. The van der Waals surface area contributed by atoms with E-state index in [0.29, 0.717) is 11.5 Å². The van der Waals surface area contributed by atoms with E-state index in [1.54, 1.807) is 6.07 Å². The van der Waals surface area contributed by atoms with Crippen LogP contribution < -0.4 is 10.2 Å². The number of carbonyl (C=O) groups excluding carboxylic acids is 1. The second-order valence-electron chi connectivity index (χ2n) is 6.46. The van der Waals surface area contributed by atoms with Gasteiger partial charge in [0.05, 0.1) is 0 Å². The first-order chi connectivity index (χ1) is 11.5. The Morgan fingerprint density at radius 3 is 2.46 bits per heavy atom. The minimum atomic E-state index is -0.193. The molecular weight excluding hydrogens is 300 g/mol. The van der Waals surface area contributed by atoms with Gasteiger partial charge < -0.3 is 10.2 Å². The topological polar surface area (TPSA) is 58.1 Å². The van der Waals surface area contributed by atoms with Gasteiger partial charge >= 0.3 is 0 Å². The summed E-state index contributed by atoms with van der Waals surface area (Å²) in [6.45, 7) is 7.91. The molecule has 1 fully saturated rings. The fraction of sp³-hybridized carbons (Fsp3) is 0.421. The number of rotatable bonds is 3. The van der Waals surface area contributed by atoms with Crippen molar-refractivity contribution in [2.24, 2.45) is 0 Å². The number of nitrogens with zero attached hydrogens (tertiary/aromatic N) is 3. The Bertz CT molecular complexity index is 751. The third kappa shape index (κ3) is 3.72. The molecule has 1 amide bonds. The standard InChI is InChI=1S/C19H24N4O/c1-13-7-8-16(11-14(13)2)22-19(24)17-12-18(21-15(3)20-17)23-9-5-4-6-10-23/h7-8,11-12H,4-6,9-10H2,1-3H3,(H,22,24). The highest BCUT2D eigenvalue weighted by molar-refractivity contribution is 6.03. The van der Waals surface area contributed by atoms with Crippen LogP contribution in [0, 0.1) is 20.8 Å². The normalized spacial score (nSPS) is 14.5. The lowest BCUT2D eigenvalue weighted by Crippen LogP contribution is -2.31. The molecule has 2 aromatic rings. The Morgan fingerprint density at radius 2 is 1.75 bits per heavy atom. The molecule has 5 heteroatoms. The van der Waals surface area contributed by atoms with Crippen molar-refractivity contribution in [2.45, 2.75) is 40.0 Å². The van der Waals surface area contributed by atoms with E-state index in [1.807, 2.05) is 32.0 Å². The maximum Gasteiger partial charge on any atom is 0.274 e. The van der Waals surface area contributed by atoms with Gasteiger partial charge in [0.1, 0.15) is 17.3 Å². The van der Waals surface area contributed by atoms with E-state index in [4.69, 9.17) is 0 Å². The third-order valence-electron chi connectivity index (χ3n) is 4.50. The van der Waals surface area contributed by atoms with E-state index in [-0.39, 0.29) is 5.91 Å². The Labute approximate surface area is 143 Å². The summed E-state index contributed by atoms with van der Waals surface area (Å²) >= 11 is 0. The van der Waals surface area contributed by atoms with Crippen LogP contribution in [0.2, 0.25) is 0 Å². The van der Waals surface area contributed by atoms with E-state index in [9.17, 15) is 4.79 Å². The second kappa shape index (κ2) is 6.99. The second-order valence-corrected chi connectivity index (χ2v) is 6.46. The molecule has 0 radical (unpaired) electrons. The van der Waals surface area contributed by atoms with Crippen molar-refractivity contribution in [1.82, 2.24) is 9.97 Å². The van der Waals surface area contributed by atoms with Gasteiger partial charge in [-0.15, -0.1) is 0 Å². The molecule has 3 rings (SSSR count). The average Bonchev–Trinajstić information content (AvgIpc) is 2.58. The molecule has 1 aliphatic rings. The molecule has 5 nitrogen and oxygen atoms in total. The number of amides is 1. The smallest absolute Gasteiger partial charge is 0.274 e. The van der Waals surface area contributed by atoms with Gasteiger partial charge in [0, 0.05) is 24.8 Å². The lowest BCUT2D eigenvalue weighted by Gasteiger charge is -2.28. The first kappa shape index (κ1) is 16.4. The Balaban J connectivity index is 1.81. The largest absolute Gasteiger partial charge is 0.356 e. The van der Waals surface area contributed by atoms with Gasteiger partial charge in [-0.2, -0.15) is 0 Å². The number of benzene rings is 1. The molecule has 0 saturated carbocycles. The summed E-state index contributed by atoms with van der Waals surface area (Å²) in [6.07, 6.45) is 3.61. The van der Waals surface area contributed by atoms with Crippen molar-refractivity contribution in [3.05, 3.63) is 46.9 Å². The predicted octanol–water partition coefficient (Wildman–Crippen LogP) is 3.64. The van der Waals surface area contributed by atoms with Crippen LogP contribution in [0.4, 0.5) is 11.5 Å². The lowest BCUT2D eigenvalue weighted by atomic mass is 10.1. The van der Waals surface area contributed by atoms with E-state index in [2.05, 4.69) is 27.1 Å². The molecule has 0 bridgehead atoms. The molecule has 1 saturated heterocycles. The van der Waals surface area contributed by atoms with Crippen molar-refractivity contribution in [3.63, 3.8) is 0 Å². The summed E-state index contributed by atoms with van der Waals surface area (Å²) in [7, 11) is 0. The van der Waals surface area contributed by atoms with E-state index in [1.165, 1.54) is 24.8 Å². The van der Waals surface area contributed by atoms with Gasteiger partial charge in [-0.1, -0.05) is 6.07 Å². The SMILES string of the molecule is Cc1nc(C(=O)Nc2ccc(C)c(C)c2)cc(N2CCCCC2)n1. The van der Waals surface area contributed by atoms with Gasteiger partial charge in [0.15, 0.2) is 0 Å². The first-order valence-electron chi connectivity index (χ1n) is 8.52. The highest BCUT2D eigenvalue weighted by atomic mass is 16.1. The predicted molar refractivity (Wildman–Crippen MR) is 96.7 cm³/mol. The number of hydrogen-bond acceptors (Lipinski definition) is 4. The van der Waals surface area contributed by atoms with E-state index >= 15 is 0 Å². The Hall–Kier alpha value is -2.43. The molecule has 2 heterocycles. The number of piperidine rings is 1. The van der Waals surface area contributed by atoms with Gasteiger partial charge in [0.25, 0.3) is 5.91 Å². The van der Waals surface area contributed by atoms with Gasteiger partial charge in [-0.05, 0) is 63.3 Å². The molecule has 126 valence electrons. The lowest BCUT2D eigenvalue weighted by molar-refractivity contribution is 0.102. The van der Waals surface area contributed by atoms with E-state index in [0.717, 1.165) is 30.2 Å². The third-order valence-corrected chi connectivity index (χ3v) is 4.50. The zero-order chi connectivity index (χ0) is 17.1. The van der Waals surface area contributed by atoms with Crippen molar-refractivity contribution in [2.75, 3.05) is 23.3 Å². The number of aromatic nitrogens is 2. The van der Waals surface area contributed by atoms with Crippen molar-refractivity contribution < 1.29 is 4.79 Å². The zero-order valence-corrected chi connectivity index (χ0v) is 14.6. The molecule has 1 aliphatic heterocycles. The number of nitrogens with one attached hydrogen (secondary N) is 1. The van der Waals surface area contributed by atoms with Gasteiger partial charge in [-0.3, -0.25) is 4.79 Å². The van der Waals surface area contributed by atoms with Crippen LogP contribution >= 0.6 is 0 Å². The molecule has 1 aromatic heterocycles. The summed E-state index contributed by atoms with van der Waals surface area (Å²) < 4.78 is 0. The summed E-state index contributed by atoms with van der Waals surface area (Å²) in [5.74, 6) is 1.29. The van der Waals surface area contributed by atoms with Gasteiger partial charge in [-0.25, -0.2) is 9.97 Å². The molecule has 0 spiro atoms. The Kier molecular flexibility index (Phi) is 4.79. The quantitative estimate of drug-likeness (QED) is 0.936. The highest BCUT2D eigenvalue weighted by Crippen LogP contribution is 2.20. The van der Waals surface area contributed by atoms with Crippen LogP contribution in [0.25, 0.3) is 0 Å². The van der Waals surface area contributed by atoms with Crippen LogP contribution in [0.1, 0.15) is 46.7 Å². The van der Waals surface area contributed by atoms with Crippen molar-refractivity contribution in [1.29, 1.82) is 0 Å². The summed E-state index contributed by atoms with van der Waals surface area (Å²) in [6, 6.07) is 7.71. The van der Waals surface area contributed by atoms with Crippen LogP contribution in [0.15, 0.2) is 24.3 Å². The highest BCUT2D eigenvalue weighted by Gasteiger charge is 2.16. The van der Waals surface area contributed by atoms with Crippen LogP contribution in [0.5, 0.6) is 0 Å². The maximum absolute atomic E-state index is 12.6. The summed E-state index contributed by atoms with van der Waals surface area (Å²) in [5, 5.41) is 2.94. The van der Waals surface area contributed by atoms with Crippen molar-refractivity contribution >= 4 is 17.4 Å². The number of anilines is 2. The molecule has 0 atom stereocenters. The van der Waals surface area contributed by atoms with Crippen LogP contribution in [-0.4, -0.2) is 29.0 Å². The van der Waals surface area contributed by atoms with Crippen LogP contribution in [0.3, 0.4) is 0 Å². The van der Waals surface area contributed by atoms with Gasteiger partial charge in [0.2, 0.25) is 0 Å². The number of carbonyl (C=O) groups is 1. The monoisotopic (exact) mass is 324 g/mol. The summed E-state index contributed by atoms with van der Waals surface area (Å²) in [4.78, 5) is 23.6. The molecule has 0 aliphatic carbocycles. The zero-order valence-electron chi connectivity index (χ0n) is 14.6. The molecule has 0 unspecified atom stereocenters. The first-order valence-corrected chi connectivity index (χ1v) is 8.52. The molecule has 1 aromatic carbocycles. The molecular formula is C19H24N4O. The summed E-state index contributed by atoms with van der Waals surface area (Å²) in [5.41, 5.74) is 3.57. The molecule has 24 heavy (non-hydrogen) atoms. The van der Waals surface area contributed by atoms with Crippen molar-refractivity contribution in [3.8, 4) is 0 Å². The number of hydrogen-bond donors (Lipinski definition) is 1. The molecule has 1 N–H and O–H groups in total. The number of aryl methyl sites for hydroxylation is 3. The van der Waals surface area contributed by atoms with Crippen LogP contribution in [-0.2, 0) is 0 Å². The average molecular weight is 324 g/mol. The minimum absolute atomic E-state index is 0.193. The Morgan fingerprint density at radius 1 is 1.00 bits per heavy atom.